The molecule has 4 heteroatoms. The Labute approximate surface area is 164 Å². The monoisotopic (exact) mass is 376 g/mol. The van der Waals surface area contributed by atoms with Crippen LogP contribution in [0.1, 0.15) is 84.5 Å². The van der Waals surface area contributed by atoms with E-state index in [1.165, 1.54) is 25.7 Å². The summed E-state index contributed by atoms with van der Waals surface area (Å²) >= 11 is 0. The molecule has 4 nitrogen and oxygen atoms in total. The molecule has 0 aromatic carbocycles. The van der Waals surface area contributed by atoms with Gasteiger partial charge in [-0.2, -0.15) is 0 Å². The van der Waals surface area contributed by atoms with Crippen molar-refractivity contribution in [2.24, 2.45) is 11.8 Å². The number of hydrogen-bond donors (Lipinski definition) is 0. The van der Waals surface area contributed by atoms with Crippen molar-refractivity contribution in [1.82, 2.24) is 0 Å². The van der Waals surface area contributed by atoms with E-state index in [1.807, 2.05) is 0 Å². The highest BCUT2D eigenvalue weighted by atomic mass is 16.6. The van der Waals surface area contributed by atoms with E-state index in [1.54, 1.807) is 6.92 Å². The van der Waals surface area contributed by atoms with Gasteiger partial charge >= 0.3 is 5.97 Å². The summed E-state index contributed by atoms with van der Waals surface area (Å²) in [6, 6.07) is 0. The molecule has 5 aliphatic rings. The molecule has 0 aromatic heterocycles. The lowest BCUT2D eigenvalue weighted by atomic mass is 9.52. The normalized spacial score (nSPS) is 42.0. The molecule has 152 valence electrons. The van der Waals surface area contributed by atoms with Crippen LogP contribution in [0.25, 0.3) is 0 Å². The lowest BCUT2D eigenvalue weighted by Crippen LogP contribution is -2.61. The van der Waals surface area contributed by atoms with Gasteiger partial charge in [-0.15, -0.1) is 0 Å². The van der Waals surface area contributed by atoms with Crippen molar-refractivity contribution < 1.29 is 19.0 Å². The van der Waals surface area contributed by atoms with Crippen LogP contribution in [-0.4, -0.2) is 36.0 Å². The van der Waals surface area contributed by atoms with Gasteiger partial charge in [-0.1, -0.05) is 19.9 Å². The Morgan fingerprint density at radius 2 is 1.81 bits per heavy atom. The summed E-state index contributed by atoms with van der Waals surface area (Å²) in [5.74, 6) is 1.06. The van der Waals surface area contributed by atoms with Crippen molar-refractivity contribution >= 4 is 5.97 Å². The minimum atomic E-state index is -0.305. The molecular formula is C23H36O4. The third-order valence-corrected chi connectivity index (χ3v) is 7.47. The SMILES string of the molecule is C=C(C)C(=O)OC12CC3CC(CC(OCCCC4(CCC)CCO4)(C3)C1)C2. The van der Waals surface area contributed by atoms with Crippen molar-refractivity contribution in [2.45, 2.75) is 101 Å². The summed E-state index contributed by atoms with van der Waals surface area (Å²) in [6.07, 6.45) is 12.2. The summed E-state index contributed by atoms with van der Waals surface area (Å²) in [5, 5.41) is 0. The molecule has 1 aliphatic heterocycles. The minimum absolute atomic E-state index is 0.0716. The second-order valence-electron chi connectivity index (χ2n) is 9.98. The van der Waals surface area contributed by atoms with Crippen LogP contribution in [0.2, 0.25) is 0 Å². The van der Waals surface area contributed by atoms with Gasteiger partial charge < -0.3 is 14.2 Å². The van der Waals surface area contributed by atoms with Gasteiger partial charge in [-0.25, -0.2) is 4.79 Å². The first-order valence-corrected chi connectivity index (χ1v) is 11.0. The van der Waals surface area contributed by atoms with Gasteiger partial charge in [0.15, 0.2) is 0 Å². The molecule has 0 spiro atoms. The average molecular weight is 377 g/mol. The molecule has 3 unspecified atom stereocenters. The zero-order chi connectivity index (χ0) is 19.1. The van der Waals surface area contributed by atoms with Crippen molar-refractivity contribution in [2.75, 3.05) is 13.2 Å². The molecule has 0 aromatic rings. The lowest BCUT2D eigenvalue weighted by Gasteiger charge is -2.60. The molecule has 5 rings (SSSR count). The van der Waals surface area contributed by atoms with E-state index in [-0.39, 0.29) is 22.8 Å². The van der Waals surface area contributed by atoms with Crippen LogP contribution >= 0.6 is 0 Å². The highest BCUT2D eigenvalue weighted by molar-refractivity contribution is 5.87. The Balaban J connectivity index is 1.35. The highest BCUT2D eigenvalue weighted by Crippen LogP contribution is 2.60. The molecule has 1 heterocycles. The Morgan fingerprint density at radius 1 is 1.15 bits per heavy atom. The molecule has 0 radical (unpaired) electrons. The quantitative estimate of drug-likeness (QED) is 0.324. The maximum absolute atomic E-state index is 12.2. The largest absolute Gasteiger partial charge is 0.456 e. The van der Waals surface area contributed by atoms with E-state index in [0.717, 1.165) is 58.2 Å². The molecule has 27 heavy (non-hydrogen) atoms. The van der Waals surface area contributed by atoms with E-state index in [2.05, 4.69) is 13.5 Å². The standard InChI is InChI=1S/C23H36O4/c1-4-6-21(8-10-26-21)7-5-9-25-22-12-18-11-19(13-22)15-23(14-18,16-22)27-20(24)17(2)3/h18-19H,2,4-16H2,1,3H3. The number of esters is 1. The molecule has 0 N–H and O–H groups in total. The highest BCUT2D eigenvalue weighted by Gasteiger charge is 2.60. The fourth-order valence-corrected chi connectivity index (χ4v) is 6.72. The first-order chi connectivity index (χ1) is 12.9. The number of rotatable bonds is 9. The molecule has 1 saturated heterocycles. The first-order valence-electron chi connectivity index (χ1n) is 11.0. The van der Waals surface area contributed by atoms with Crippen molar-refractivity contribution in [3.63, 3.8) is 0 Å². The summed E-state index contributed by atoms with van der Waals surface area (Å²) in [6.45, 7) is 9.47. The van der Waals surface area contributed by atoms with Gasteiger partial charge in [0.1, 0.15) is 5.60 Å². The Bertz CT molecular complexity index is 577. The van der Waals surface area contributed by atoms with Crippen LogP contribution in [0.15, 0.2) is 12.2 Å². The molecule has 4 saturated carbocycles. The van der Waals surface area contributed by atoms with Crippen LogP contribution in [0.5, 0.6) is 0 Å². The Morgan fingerprint density at radius 3 is 2.37 bits per heavy atom. The van der Waals surface area contributed by atoms with E-state index in [9.17, 15) is 4.79 Å². The third-order valence-electron chi connectivity index (χ3n) is 7.47. The third kappa shape index (κ3) is 3.85. The van der Waals surface area contributed by atoms with Crippen LogP contribution < -0.4 is 0 Å². The van der Waals surface area contributed by atoms with E-state index < -0.39 is 0 Å². The summed E-state index contributed by atoms with van der Waals surface area (Å²) in [7, 11) is 0. The molecule has 0 amide bonds. The van der Waals surface area contributed by atoms with E-state index in [4.69, 9.17) is 14.2 Å². The van der Waals surface area contributed by atoms with Gasteiger partial charge in [0.05, 0.1) is 17.8 Å². The molecule has 3 atom stereocenters. The molecular weight excluding hydrogens is 340 g/mol. The molecule has 5 fully saturated rings. The van der Waals surface area contributed by atoms with E-state index in [0.29, 0.717) is 17.4 Å². The zero-order valence-corrected chi connectivity index (χ0v) is 17.2. The van der Waals surface area contributed by atoms with Crippen LogP contribution in [0.4, 0.5) is 0 Å². The van der Waals surface area contributed by atoms with Gasteiger partial charge in [-0.3, -0.25) is 0 Å². The number of carbonyl (C=O) groups is 1. The summed E-state index contributed by atoms with van der Waals surface area (Å²) in [4.78, 5) is 12.2. The van der Waals surface area contributed by atoms with Crippen LogP contribution in [0, 0.1) is 11.8 Å². The Hall–Kier alpha value is -0.870. The van der Waals surface area contributed by atoms with E-state index >= 15 is 0 Å². The predicted molar refractivity (Wildman–Crippen MR) is 104 cm³/mol. The summed E-state index contributed by atoms with van der Waals surface area (Å²) in [5.41, 5.74) is 0.262. The first kappa shape index (κ1) is 19.4. The average Bonchev–Trinajstić information content (AvgIpc) is 2.54. The van der Waals surface area contributed by atoms with Crippen LogP contribution in [0.3, 0.4) is 0 Å². The van der Waals surface area contributed by atoms with Crippen LogP contribution in [-0.2, 0) is 19.0 Å². The van der Waals surface area contributed by atoms with Gasteiger partial charge in [0, 0.05) is 18.6 Å². The summed E-state index contributed by atoms with van der Waals surface area (Å²) < 4.78 is 18.5. The predicted octanol–water partition coefficient (Wildman–Crippen LogP) is 4.95. The fraction of sp³-hybridized carbons (Fsp3) is 0.870. The van der Waals surface area contributed by atoms with Crippen molar-refractivity contribution in [3.8, 4) is 0 Å². The van der Waals surface area contributed by atoms with Crippen molar-refractivity contribution in [1.29, 1.82) is 0 Å². The van der Waals surface area contributed by atoms with Gasteiger partial charge in [-0.05, 0) is 76.5 Å². The number of hydrogen-bond acceptors (Lipinski definition) is 4. The molecule has 4 aliphatic carbocycles. The number of carbonyl (C=O) groups excluding carboxylic acids is 1. The maximum atomic E-state index is 12.2. The molecule has 4 bridgehead atoms. The smallest absolute Gasteiger partial charge is 0.333 e. The Kier molecular flexibility index (Phi) is 5.17. The zero-order valence-electron chi connectivity index (χ0n) is 17.2. The van der Waals surface area contributed by atoms with Gasteiger partial charge in [0.2, 0.25) is 0 Å². The fourth-order valence-electron chi connectivity index (χ4n) is 6.72. The number of ether oxygens (including phenoxy) is 3. The lowest BCUT2D eigenvalue weighted by molar-refractivity contribution is -0.233. The van der Waals surface area contributed by atoms with Gasteiger partial charge in [0.25, 0.3) is 0 Å². The second-order valence-corrected chi connectivity index (χ2v) is 9.98. The maximum Gasteiger partial charge on any atom is 0.333 e. The van der Waals surface area contributed by atoms with Crippen molar-refractivity contribution in [3.05, 3.63) is 12.2 Å². The topological polar surface area (TPSA) is 44.8 Å². The minimum Gasteiger partial charge on any atom is -0.456 e. The second kappa shape index (κ2) is 7.18.